The van der Waals surface area contributed by atoms with Crippen LogP contribution >= 0.6 is 23.2 Å². The summed E-state index contributed by atoms with van der Waals surface area (Å²) < 4.78 is 19.0. The number of aryl methyl sites for hydroxylation is 1. The van der Waals surface area contributed by atoms with Gasteiger partial charge in [-0.05, 0) is 107 Å². The van der Waals surface area contributed by atoms with E-state index in [9.17, 15) is 14.3 Å². The monoisotopic (exact) mass is 629 g/mol. The molecule has 0 aromatic heterocycles. The van der Waals surface area contributed by atoms with Gasteiger partial charge < -0.3 is 9.84 Å². The molecule has 226 valence electrons. The predicted octanol–water partition coefficient (Wildman–Crippen LogP) is 9.47. The normalized spacial score (nSPS) is 16.9. The van der Waals surface area contributed by atoms with Crippen LogP contribution in [0.15, 0.2) is 84.9 Å². The van der Waals surface area contributed by atoms with Crippen LogP contribution in [0.5, 0.6) is 5.75 Å². The van der Waals surface area contributed by atoms with Gasteiger partial charge in [0.1, 0.15) is 11.9 Å². The zero-order valence-corrected chi connectivity index (χ0v) is 25.9. The summed E-state index contributed by atoms with van der Waals surface area (Å²) in [6, 6.07) is 27.5. The van der Waals surface area contributed by atoms with Gasteiger partial charge in [-0.15, -0.1) is 0 Å². The van der Waals surface area contributed by atoms with E-state index in [2.05, 4.69) is 29.2 Å². The molecule has 0 amide bonds. The third-order valence-electron chi connectivity index (χ3n) is 8.55. The van der Waals surface area contributed by atoms with E-state index in [4.69, 9.17) is 27.9 Å². The van der Waals surface area contributed by atoms with Crippen molar-refractivity contribution < 1.29 is 19.0 Å². The Kier molecular flexibility index (Phi) is 9.36. The molecule has 0 spiro atoms. The number of aromatic carboxylic acids is 1. The van der Waals surface area contributed by atoms with Crippen molar-refractivity contribution in [1.82, 2.24) is 4.90 Å². The Morgan fingerprint density at radius 3 is 2.43 bits per heavy atom. The number of halogens is 3. The topological polar surface area (TPSA) is 49.8 Å². The van der Waals surface area contributed by atoms with Crippen molar-refractivity contribution in [2.45, 2.75) is 38.2 Å². The molecular formula is C37H34Cl2FNO3. The average molecular weight is 631 g/mol. The van der Waals surface area contributed by atoms with Crippen LogP contribution in [0, 0.1) is 0 Å². The molecule has 1 fully saturated rings. The minimum absolute atomic E-state index is 0.0827. The summed E-state index contributed by atoms with van der Waals surface area (Å²) in [5, 5.41) is 10.9. The van der Waals surface area contributed by atoms with Crippen molar-refractivity contribution in [3.8, 4) is 16.9 Å². The highest BCUT2D eigenvalue weighted by atomic mass is 35.5. The van der Waals surface area contributed by atoms with Crippen molar-refractivity contribution >= 4 is 40.3 Å². The number of carboxylic acid groups (broad SMARTS) is 1. The van der Waals surface area contributed by atoms with E-state index in [1.54, 1.807) is 12.1 Å². The molecule has 6 rings (SSSR count). The van der Waals surface area contributed by atoms with E-state index in [1.807, 2.05) is 48.5 Å². The number of hydrogen-bond acceptors (Lipinski definition) is 3. The summed E-state index contributed by atoms with van der Waals surface area (Å²) in [5.41, 5.74) is 8.66. The summed E-state index contributed by atoms with van der Waals surface area (Å²) in [7, 11) is 0. The highest BCUT2D eigenvalue weighted by molar-refractivity contribution is 6.36. The first-order chi connectivity index (χ1) is 21.4. The van der Waals surface area contributed by atoms with Crippen LogP contribution in [0.25, 0.3) is 22.3 Å². The number of fused-ring (bicyclic) bond motifs is 1. The second kappa shape index (κ2) is 13.6. The quantitative estimate of drug-likeness (QED) is 0.200. The van der Waals surface area contributed by atoms with Gasteiger partial charge >= 0.3 is 5.97 Å². The highest BCUT2D eigenvalue weighted by Gasteiger charge is 2.25. The number of rotatable bonds is 9. The number of carbonyl (C=O) groups is 1. The molecule has 0 radical (unpaired) electrons. The van der Waals surface area contributed by atoms with Gasteiger partial charge in [0.05, 0.1) is 12.2 Å². The lowest BCUT2D eigenvalue weighted by atomic mass is 9.84. The smallest absolute Gasteiger partial charge is 0.335 e. The molecular weight excluding hydrogens is 596 g/mol. The molecule has 0 unspecified atom stereocenters. The lowest BCUT2D eigenvalue weighted by Crippen LogP contribution is -2.26. The van der Waals surface area contributed by atoms with Gasteiger partial charge in [-0.25, -0.2) is 4.79 Å². The SMILES string of the molecule is O=C(O)c1ccc2c(c1)CCCC(c1ccccc1-c1ccc(Cl)cc1Cl)=C2c1ccc(O[C@H]2CCN(CCCF)C2)cc1. The lowest BCUT2D eigenvalue weighted by Gasteiger charge is -2.20. The van der Waals surface area contributed by atoms with E-state index in [0.717, 1.165) is 90.0 Å². The molecule has 1 saturated heterocycles. The van der Waals surface area contributed by atoms with Crippen molar-refractivity contribution in [2.24, 2.45) is 0 Å². The summed E-state index contributed by atoms with van der Waals surface area (Å²) in [6.45, 7) is 2.20. The molecule has 7 heteroatoms. The molecule has 44 heavy (non-hydrogen) atoms. The fourth-order valence-corrected chi connectivity index (χ4v) is 6.99. The van der Waals surface area contributed by atoms with E-state index < -0.39 is 5.97 Å². The van der Waals surface area contributed by atoms with E-state index >= 15 is 0 Å². The Morgan fingerprint density at radius 2 is 1.68 bits per heavy atom. The number of benzene rings is 4. The number of likely N-dealkylation sites (tertiary alicyclic amines) is 1. The number of hydrogen-bond donors (Lipinski definition) is 1. The second-order valence-electron chi connectivity index (χ2n) is 11.4. The fourth-order valence-electron chi connectivity index (χ4n) is 6.48. The molecule has 0 bridgehead atoms. The van der Waals surface area contributed by atoms with Gasteiger partial charge in [-0.1, -0.05) is 71.7 Å². The number of nitrogens with zero attached hydrogens (tertiary/aromatic N) is 1. The molecule has 4 aromatic carbocycles. The highest BCUT2D eigenvalue weighted by Crippen LogP contribution is 2.44. The largest absolute Gasteiger partial charge is 0.489 e. The van der Waals surface area contributed by atoms with Crippen molar-refractivity contribution in [3.63, 3.8) is 0 Å². The molecule has 1 heterocycles. The molecule has 1 atom stereocenters. The van der Waals surface area contributed by atoms with Gasteiger partial charge in [0.25, 0.3) is 0 Å². The van der Waals surface area contributed by atoms with Crippen molar-refractivity contribution in [2.75, 3.05) is 26.3 Å². The molecule has 4 aromatic rings. The molecule has 4 nitrogen and oxygen atoms in total. The number of carboxylic acids is 1. The van der Waals surface area contributed by atoms with Crippen LogP contribution in [0.4, 0.5) is 4.39 Å². The maximum atomic E-state index is 12.6. The second-order valence-corrected chi connectivity index (χ2v) is 12.3. The third kappa shape index (κ3) is 6.56. The van der Waals surface area contributed by atoms with Gasteiger partial charge in [0.15, 0.2) is 0 Å². The lowest BCUT2D eigenvalue weighted by molar-refractivity contribution is 0.0696. The zero-order valence-electron chi connectivity index (χ0n) is 24.4. The van der Waals surface area contributed by atoms with Crippen LogP contribution in [0.3, 0.4) is 0 Å². The summed E-state index contributed by atoms with van der Waals surface area (Å²) in [5.74, 6) is -0.126. The molecule has 1 aliphatic carbocycles. The summed E-state index contributed by atoms with van der Waals surface area (Å²) in [6.07, 6.45) is 4.02. The minimum Gasteiger partial charge on any atom is -0.489 e. The van der Waals surface area contributed by atoms with Crippen LogP contribution in [-0.2, 0) is 6.42 Å². The van der Waals surface area contributed by atoms with Gasteiger partial charge in [0.2, 0.25) is 0 Å². The Bertz CT molecular complexity index is 1700. The maximum absolute atomic E-state index is 12.6. The van der Waals surface area contributed by atoms with E-state index in [-0.39, 0.29) is 12.8 Å². The summed E-state index contributed by atoms with van der Waals surface area (Å²) in [4.78, 5) is 14.1. The van der Waals surface area contributed by atoms with Gasteiger partial charge in [-0.2, -0.15) is 0 Å². The predicted molar refractivity (Wildman–Crippen MR) is 177 cm³/mol. The Labute approximate surface area is 267 Å². The number of allylic oxidation sites excluding steroid dienone is 1. The van der Waals surface area contributed by atoms with Gasteiger partial charge in [-0.3, -0.25) is 9.29 Å². The fraction of sp³-hybridized carbons (Fsp3) is 0.270. The first kappa shape index (κ1) is 30.4. The summed E-state index contributed by atoms with van der Waals surface area (Å²) >= 11 is 13.0. The average Bonchev–Trinajstić information content (AvgIpc) is 3.38. The van der Waals surface area contributed by atoms with Crippen LogP contribution in [0.2, 0.25) is 10.0 Å². The standard InChI is InChI=1S/C37H34Cl2FNO3/c38-27-12-16-33(35(39)22-27)31-6-1-2-7-32(31)34-8-3-5-25-21-26(37(42)43)11-15-30(25)36(34)24-9-13-28(14-10-24)44-29-17-20-41(23-29)19-4-18-40/h1-2,6-7,9-16,21-22,29H,3-5,8,17-20,23H2,(H,42,43)/t29-/m0/s1. The number of alkyl halides is 1. The number of ether oxygens (including phenoxy) is 1. The maximum Gasteiger partial charge on any atom is 0.335 e. The molecule has 1 aliphatic heterocycles. The molecule has 0 saturated carbocycles. The third-order valence-corrected chi connectivity index (χ3v) is 9.10. The Morgan fingerprint density at radius 1 is 0.909 bits per heavy atom. The van der Waals surface area contributed by atoms with E-state index in [1.165, 1.54) is 5.57 Å². The van der Waals surface area contributed by atoms with E-state index in [0.29, 0.717) is 22.0 Å². The Hall–Kier alpha value is -3.64. The first-order valence-corrected chi connectivity index (χ1v) is 15.9. The van der Waals surface area contributed by atoms with Crippen LogP contribution in [-0.4, -0.2) is 48.4 Å². The zero-order chi connectivity index (χ0) is 30.6. The molecule has 1 N–H and O–H groups in total. The van der Waals surface area contributed by atoms with Crippen LogP contribution in [0.1, 0.15) is 58.3 Å². The van der Waals surface area contributed by atoms with Gasteiger partial charge in [0, 0.05) is 35.2 Å². The minimum atomic E-state index is -0.929. The molecule has 2 aliphatic rings. The van der Waals surface area contributed by atoms with Crippen molar-refractivity contribution in [1.29, 1.82) is 0 Å². The Balaban J connectivity index is 1.43. The van der Waals surface area contributed by atoms with Crippen molar-refractivity contribution in [3.05, 3.63) is 123 Å². The van der Waals surface area contributed by atoms with Crippen LogP contribution < -0.4 is 4.74 Å². The first-order valence-electron chi connectivity index (χ1n) is 15.1.